The van der Waals surface area contributed by atoms with Crippen molar-refractivity contribution in [2.24, 2.45) is 0 Å². The Balaban J connectivity index is 1.75. The Bertz CT molecular complexity index is 1520. The maximum Gasteiger partial charge on any atom is 0.275 e. The molecular formula is C28H26FN5O3. The smallest absolute Gasteiger partial charge is 0.275 e. The van der Waals surface area contributed by atoms with Crippen molar-refractivity contribution in [2.75, 3.05) is 18.1 Å². The standard InChI is InChI=1S/C28H26FN5O3/c1-17(31-2)27(36)33-24-10-11-25(20-4-3-5-23(30)13-20)34(28(24)37)16-18-12-21(15-32-14-18)26(35)19-6-8-22(29)9-7-19/h3-15,17,31H,16,30H2,1-2H3,(H,33,36). The SMILES string of the molecule is CNC(C)C(=O)Nc1ccc(-c2cccc(N)c2)n(Cc2cncc(C(=O)c3ccc(F)cc3)c2)c1=O. The minimum Gasteiger partial charge on any atom is -0.399 e. The number of aromatic nitrogens is 2. The van der Waals surface area contributed by atoms with Crippen LogP contribution in [0.15, 0.2) is 83.9 Å². The molecule has 9 heteroatoms. The largest absolute Gasteiger partial charge is 0.399 e. The molecule has 4 rings (SSSR count). The summed E-state index contributed by atoms with van der Waals surface area (Å²) < 4.78 is 14.8. The number of amides is 1. The summed E-state index contributed by atoms with van der Waals surface area (Å²) in [5.74, 6) is -1.11. The molecule has 188 valence electrons. The van der Waals surface area contributed by atoms with E-state index in [4.69, 9.17) is 5.73 Å². The highest BCUT2D eigenvalue weighted by Gasteiger charge is 2.17. The molecule has 0 spiro atoms. The molecule has 1 amide bonds. The van der Waals surface area contributed by atoms with Gasteiger partial charge in [-0.2, -0.15) is 0 Å². The third-order valence-electron chi connectivity index (χ3n) is 5.94. The lowest BCUT2D eigenvalue weighted by Crippen LogP contribution is -2.37. The fraction of sp³-hybridized carbons (Fsp3) is 0.143. The van der Waals surface area contributed by atoms with Gasteiger partial charge < -0.3 is 20.9 Å². The molecular weight excluding hydrogens is 473 g/mol. The summed E-state index contributed by atoms with van der Waals surface area (Å²) in [6, 6.07) is 16.8. The van der Waals surface area contributed by atoms with Crippen molar-refractivity contribution in [3.8, 4) is 11.3 Å². The van der Waals surface area contributed by atoms with Gasteiger partial charge in [0.25, 0.3) is 5.56 Å². The number of ketones is 1. The summed E-state index contributed by atoms with van der Waals surface area (Å²) >= 11 is 0. The van der Waals surface area contributed by atoms with Gasteiger partial charge in [-0.1, -0.05) is 12.1 Å². The lowest BCUT2D eigenvalue weighted by molar-refractivity contribution is -0.117. The number of hydrogen-bond donors (Lipinski definition) is 3. The lowest BCUT2D eigenvalue weighted by Gasteiger charge is -2.17. The number of nitrogens with one attached hydrogen (secondary N) is 2. The number of benzene rings is 2. The second-order valence-electron chi connectivity index (χ2n) is 8.57. The fourth-order valence-electron chi connectivity index (χ4n) is 3.80. The zero-order valence-corrected chi connectivity index (χ0v) is 20.4. The topological polar surface area (TPSA) is 119 Å². The highest BCUT2D eigenvalue weighted by atomic mass is 19.1. The van der Waals surface area contributed by atoms with Crippen LogP contribution < -0.4 is 21.9 Å². The number of likely N-dealkylation sites (N-methyl/N-ethyl adjacent to an activating group) is 1. The van der Waals surface area contributed by atoms with Crippen LogP contribution in [0.2, 0.25) is 0 Å². The summed E-state index contributed by atoms with van der Waals surface area (Å²) in [7, 11) is 1.65. The molecule has 0 aliphatic carbocycles. The first kappa shape index (κ1) is 25.5. The van der Waals surface area contributed by atoms with Crippen LogP contribution >= 0.6 is 0 Å². The van der Waals surface area contributed by atoms with E-state index in [1.807, 2.05) is 6.07 Å². The van der Waals surface area contributed by atoms with E-state index < -0.39 is 17.4 Å². The van der Waals surface area contributed by atoms with Crippen molar-refractivity contribution < 1.29 is 14.0 Å². The molecule has 1 atom stereocenters. The predicted molar refractivity (Wildman–Crippen MR) is 141 cm³/mol. The molecule has 0 aliphatic heterocycles. The highest BCUT2D eigenvalue weighted by molar-refractivity contribution is 6.08. The second-order valence-corrected chi connectivity index (χ2v) is 8.57. The zero-order valence-electron chi connectivity index (χ0n) is 20.4. The van der Waals surface area contributed by atoms with Crippen LogP contribution in [0.3, 0.4) is 0 Å². The van der Waals surface area contributed by atoms with E-state index in [0.717, 1.165) is 0 Å². The number of hydrogen-bond acceptors (Lipinski definition) is 6. The molecule has 4 aromatic rings. The van der Waals surface area contributed by atoms with Crippen molar-refractivity contribution in [1.82, 2.24) is 14.9 Å². The van der Waals surface area contributed by atoms with Gasteiger partial charge in [0.1, 0.15) is 11.5 Å². The predicted octanol–water partition coefficient (Wildman–Crippen LogP) is 3.46. The summed E-state index contributed by atoms with van der Waals surface area (Å²) in [6.45, 7) is 1.76. The summed E-state index contributed by atoms with van der Waals surface area (Å²) in [5, 5.41) is 5.51. The second kappa shape index (κ2) is 11.0. The van der Waals surface area contributed by atoms with Gasteiger partial charge in [-0.25, -0.2) is 4.39 Å². The number of nitrogens with two attached hydrogens (primary N) is 1. The van der Waals surface area contributed by atoms with Crippen LogP contribution in [0.25, 0.3) is 11.3 Å². The van der Waals surface area contributed by atoms with Crippen LogP contribution in [0.1, 0.15) is 28.4 Å². The number of carbonyl (C=O) groups is 2. The third-order valence-corrected chi connectivity index (χ3v) is 5.94. The zero-order chi connectivity index (χ0) is 26.5. The van der Waals surface area contributed by atoms with Gasteiger partial charge in [0.2, 0.25) is 5.91 Å². The van der Waals surface area contributed by atoms with Crippen molar-refractivity contribution >= 4 is 23.1 Å². The van der Waals surface area contributed by atoms with E-state index >= 15 is 0 Å². The quantitative estimate of drug-likeness (QED) is 0.252. The van der Waals surface area contributed by atoms with Crippen LogP contribution in [0.5, 0.6) is 0 Å². The number of pyridine rings is 2. The molecule has 37 heavy (non-hydrogen) atoms. The minimum atomic E-state index is -0.500. The maximum absolute atomic E-state index is 13.5. The number of nitrogen functional groups attached to an aromatic ring is 1. The first-order chi connectivity index (χ1) is 17.8. The molecule has 0 saturated heterocycles. The Labute approximate surface area is 213 Å². The molecule has 0 fully saturated rings. The fourth-order valence-corrected chi connectivity index (χ4v) is 3.80. The molecule has 0 radical (unpaired) electrons. The van der Waals surface area contributed by atoms with Crippen LogP contribution in [0, 0.1) is 5.82 Å². The minimum absolute atomic E-state index is 0.0752. The molecule has 2 heterocycles. The number of carbonyl (C=O) groups excluding carboxylic acids is 2. The number of rotatable bonds is 8. The van der Waals surface area contributed by atoms with Gasteiger partial charge in [0.15, 0.2) is 5.78 Å². The lowest BCUT2D eigenvalue weighted by atomic mass is 10.0. The Hall–Kier alpha value is -4.63. The maximum atomic E-state index is 13.5. The van der Waals surface area contributed by atoms with Crippen molar-refractivity contribution in [1.29, 1.82) is 0 Å². The van der Waals surface area contributed by atoms with Crippen molar-refractivity contribution in [3.05, 3.63) is 112 Å². The van der Waals surface area contributed by atoms with Crippen molar-refractivity contribution in [3.63, 3.8) is 0 Å². The van der Waals surface area contributed by atoms with Gasteiger partial charge in [-0.3, -0.25) is 19.4 Å². The van der Waals surface area contributed by atoms with Crippen LogP contribution in [-0.4, -0.2) is 34.3 Å². The molecule has 4 N–H and O–H groups in total. The summed E-state index contributed by atoms with van der Waals surface area (Å²) in [4.78, 5) is 43.1. The Morgan fingerprint density at radius 3 is 2.49 bits per heavy atom. The van der Waals surface area contributed by atoms with E-state index in [1.54, 1.807) is 56.6 Å². The van der Waals surface area contributed by atoms with Gasteiger partial charge in [-0.05, 0) is 74.1 Å². The van der Waals surface area contributed by atoms with E-state index in [0.29, 0.717) is 33.6 Å². The molecule has 8 nitrogen and oxygen atoms in total. The molecule has 0 aliphatic rings. The van der Waals surface area contributed by atoms with E-state index in [-0.39, 0.29) is 23.9 Å². The first-order valence-corrected chi connectivity index (χ1v) is 11.6. The van der Waals surface area contributed by atoms with Gasteiger partial charge in [-0.15, -0.1) is 0 Å². The molecule has 1 unspecified atom stereocenters. The van der Waals surface area contributed by atoms with Crippen molar-refractivity contribution in [2.45, 2.75) is 19.5 Å². The average molecular weight is 500 g/mol. The highest BCUT2D eigenvalue weighted by Crippen LogP contribution is 2.23. The molecule has 2 aromatic heterocycles. The first-order valence-electron chi connectivity index (χ1n) is 11.6. The monoisotopic (exact) mass is 499 g/mol. The Morgan fingerprint density at radius 1 is 1.03 bits per heavy atom. The van der Waals surface area contributed by atoms with Gasteiger partial charge in [0, 0.05) is 34.8 Å². The van der Waals surface area contributed by atoms with E-state index in [9.17, 15) is 18.8 Å². The van der Waals surface area contributed by atoms with Crippen LogP contribution in [0.4, 0.5) is 15.8 Å². The molecule has 0 saturated carbocycles. The number of anilines is 2. The number of halogens is 1. The normalized spacial score (nSPS) is 11.6. The number of nitrogens with zero attached hydrogens (tertiary/aromatic N) is 2. The van der Waals surface area contributed by atoms with Crippen LogP contribution in [-0.2, 0) is 11.3 Å². The van der Waals surface area contributed by atoms with Gasteiger partial charge in [0.05, 0.1) is 18.3 Å². The van der Waals surface area contributed by atoms with E-state index in [1.165, 1.54) is 35.0 Å². The van der Waals surface area contributed by atoms with E-state index in [2.05, 4.69) is 15.6 Å². The molecule has 0 bridgehead atoms. The van der Waals surface area contributed by atoms with Gasteiger partial charge >= 0.3 is 0 Å². The Morgan fingerprint density at radius 2 is 1.78 bits per heavy atom. The Kier molecular flexibility index (Phi) is 7.55. The summed E-state index contributed by atoms with van der Waals surface area (Å²) in [6.07, 6.45) is 2.98. The average Bonchev–Trinajstić information content (AvgIpc) is 2.90. The molecule has 2 aromatic carbocycles. The third kappa shape index (κ3) is 5.79. The summed E-state index contributed by atoms with van der Waals surface area (Å²) in [5.41, 5.74) is 8.70.